The molecule has 3 aromatic heterocycles. The molecule has 9 heteroatoms. The van der Waals surface area contributed by atoms with Crippen molar-refractivity contribution in [1.29, 1.82) is 0 Å². The van der Waals surface area contributed by atoms with E-state index >= 15 is 0 Å². The van der Waals surface area contributed by atoms with E-state index in [0.29, 0.717) is 23.2 Å². The van der Waals surface area contributed by atoms with Gasteiger partial charge in [-0.15, -0.1) is 0 Å². The van der Waals surface area contributed by atoms with Gasteiger partial charge in [-0.1, -0.05) is 12.1 Å². The third-order valence-corrected chi connectivity index (χ3v) is 6.37. The van der Waals surface area contributed by atoms with Gasteiger partial charge < -0.3 is 15.1 Å². The number of fused-ring (bicyclic) bond motifs is 1. The van der Waals surface area contributed by atoms with Crippen LogP contribution in [-0.4, -0.2) is 74.4 Å². The second kappa shape index (κ2) is 9.82. The highest BCUT2D eigenvalue weighted by molar-refractivity contribution is 5.98. The fraction of sp³-hybridized carbons (Fsp3) is 0.357. The summed E-state index contributed by atoms with van der Waals surface area (Å²) in [5, 5.41) is 4.25. The Kier molecular flexibility index (Phi) is 6.55. The first-order valence-corrected chi connectivity index (χ1v) is 12.4. The number of aromatic nitrogens is 5. The lowest BCUT2D eigenvalue weighted by molar-refractivity contribution is 0.0990. The van der Waals surface area contributed by atoms with Crippen LogP contribution in [0.1, 0.15) is 37.0 Å². The summed E-state index contributed by atoms with van der Waals surface area (Å²) in [6, 6.07) is 10.0. The molecule has 1 N–H and O–H groups in total. The zero-order valence-corrected chi connectivity index (χ0v) is 21.9. The third-order valence-electron chi connectivity index (χ3n) is 6.37. The average molecular weight is 497 g/mol. The van der Waals surface area contributed by atoms with Gasteiger partial charge in [-0.25, -0.2) is 19.9 Å². The number of nitrogens with zero attached hydrogens (tertiary/aromatic N) is 7. The van der Waals surface area contributed by atoms with Crippen LogP contribution in [0.4, 0.5) is 11.6 Å². The Labute approximate surface area is 217 Å². The van der Waals surface area contributed by atoms with Crippen LogP contribution in [0.3, 0.4) is 0 Å². The van der Waals surface area contributed by atoms with Crippen molar-refractivity contribution in [2.45, 2.75) is 38.8 Å². The Morgan fingerprint density at radius 1 is 1.05 bits per heavy atom. The van der Waals surface area contributed by atoms with Crippen LogP contribution in [0, 0.1) is 0 Å². The molecule has 0 amide bonds. The van der Waals surface area contributed by atoms with E-state index in [2.05, 4.69) is 64.9 Å². The molecular weight excluding hydrogens is 464 g/mol. The van der Waals surface area contributed by atoms with Crippen LogP contribution in [0.5, 0.6) is 0 Å². The molecule has 0 bridgehead atoms. The normalized spacial score (nSPS) is 14.2. The van der Waals surface area contributed by atoms with E-state index in [0.717, 1.165) is 41.1 Å². The first-order chi connectivity index (χ1) is 17.6. The number of pyridine rings is 1. The zero-order valence-electron chi connectivity index (χ0n) is 21.9. The molecule has 0 aliphatic carbocycles. The molecule has 0 unspecified atom stereocenters. The lowest BCUT2D eigenvalue weighted by atomic mass is 10.1. The van der Waals surface area contributed by atoms with Crippen molar-refractivity contribution in [3.8, 4) is 11.3 Å². The largest absolute Gasteiger partial charge is 0.364 e. The van der Waals surface area contributed by atoms with Crippen molar-refractivity contribution in [3.05, 3.63) is 66.5 Å². The number of benzene rings is 1. The average Bonchev–Trinajstić information content (AvgIpc) is 2.82. The Bertz CT molecular complexity index is 1440. The lowest BCUT2D eigenvalue weighted by Crippen LogP contribution is -2.57. The minimum atomic E-state index is -0.120. The maximum absolute atomic E-state index is 13.1. The first-order valence-electron chi connectivity index (χ1n) is 12.4. The van der Waals surface area contributed by atoms with Crippen molar-refractivity contribution in [2.75, 3.05) is 37.4 Å². The number of likely N-dealkylation sites (N-methyl/N-ethyl adjacent to an activating group) is 1. The molecule has 1 aliphatic heterocycles. The zero-order chi connectivity index (χ0) is 26.2. The summed E-state index contributed by atoms with van der Waals surface area (Å²) in [4.78, 5) is 40.1. The van der Waals surface area contributed by atoms with E-state index < -0.39 is 0 Å². The number of Topliss-reactive ketones (excluding diaryl/α,β-unsaturated/α-hetero) is 1. The Balaban J connectivity index is 1.33. The third kappa shape index (κ3) is 5.72. The van der Waals surface area contributed by atoms with Gasteiger partial charge >= 0.3 is 0 Å². The molecule has 1 aromatic carbocycles. The van der Waals surface area contributed by atoms with E-state index in [4.69, 9.17) is 9.97 Å². The molecule has 5 rings (SSSR count). The predicted molar refractivity (Wildman–Crippen MR) is 146 cm³/mol. The Hall–Kier alpha value is -3.98. The summed E-state index contributed by atoms with van der Waals surface area (Å²) in [6.45, 7) is 8.06. The number of anilines is 2. The van der Waals surface area contributed by atoms with Crippen LogP contribution in [0.2, 0.25) is 0 Å². The molecular formula is C28H32N8O. The maximum atomic E-state index is 13.1. The molecule has 37 heavy (non-hydrogen) atoms. The standard InChI is InChI=1S/C28H32N8O/c1-28(2,3)34-26-15-29-14-23(33-26)18-6-7-20-13-31-25(32-22(20)10-18)12-24(37)19-8-9-30-27(11-19)36-16-21(17-36)35(4)5/h6-11,13-15,21H,12,16-17H2,1-5H3,(H,33,34). The number of carbonyl (C=O) groups is 1. The van der Waals surface area contributed by atoms with E-state index in [1.54, 1.807) is 30.9 Å². The summed E-state index contributed by atoms with van der Waals surface area (Å²) in [7, 11) is 4.16. The second-order valence-corrected chi connectivity index (χ2v) is 10.7. The van der Waals surface area contributed by atoms with E-state index in [1.807, 2.05) is 24.3 Å². The molecule has 190 valence electrons. The number of ketones is 1. The monoisotopic (exact) mass is 496 g/mol. The summed E-state index contributed by atoms with van der Waals surface area (Å²) >= 11 is 0. The van der Waals surface area contributed by atoms with Gasteiger partial charge in [-0.05, 0) is 53.1 Å². The predicted octanol–water partition coefficient (Wildman–Crippen LogP) is 3.87. The van der Waals surface area contributed by atoms with Crippen molar-refractivity contribution in [3.63, 3.8) is 0 Å². The SMILES string of the molecule is CN(C)C1CN(c2cc(C(=O)Cc3ncc4ccc(-c5cncc(NC(C)(C)C)n5)cc4n3)ccn2)C1. The first kappa shape index (κ1) is 24.7. The highest BCUT2D eigenvalue weighted by Crippen LogP contribution is 2.24. The molecule has 9 nitrogen and oxygen atoms in total. The van der Waals surface area contributed by atoms with Gasteiger partial charge in [-0.2, -0.15) is 0 Å². The van der Waals surface area contributed by atoms with Crippen LogP contribution in [0.25, 0.3) is 22.2 Å². The van der Waals surface area contributed by atoms with Crippen LogP contribution in [0.15, 0.2) is 55.1 Å². The van der Waals surface area contributed by atoms with Crippen molar-refractivity contribution < 1.29 is 4.79 Å². The van der Waals surface area contributed by atoms with E-state index in [-0.39, 0.29) is 17.7 Å². The topological polar surface area (TPSA) is 100 Å². The summed E-state index contributed by atoms with van der Waals surface area (Å²) in [5.74, 6) is 2.00. The van der Waals surface area contributed by atoms with E-state index in [1.165, 1.54) is 0 Å². The highest BCUT2D eigenvalue weighted by atomic mass is 16.1. The summed E-state index contributed by atoms with van der Waals surface area (Å²) < 4.78 is 0. The van der Waals surface area contributed by atoms with Crippen LogP contribution < -0.4 is 10.2 Å². The number of hydrogen-bond donors (Lipinski definition) is 1. The van der Waals surface area contributed by atoms with Gasteiger partial charge in [0.05, 0.1) is 30.0 Å². The molecule has 4 aromatic rings. The molecule has 4 heterocycles. The van der Waals surface area contributed by atoms with Crippen LogP contribution >= 0.6 is 0 Å². The second-order valence-electron chi connectivity index (χ2n) is 10.7. The molecule has 0 spiro atoms. The summed E-state index contributed by atoms with van der Waals surface area (Å²) in [6.07, 6.45) is 7.03. The summed E-state index contributed by atoms with van der Waals surface area (Å²) in [5.41, 5.74) is 2.91. The fourth-order valence-corrected chi connectivity index (χ4v) is 4.24. The molecule has 0 atom stereocenters. The number of hydrogen-bond acceptors (Lipinski definition) is 9. The number of carbonyl (C=O) groups excluding carboxylic acids is 1. The Morgan fingerprint density at radius 2 is 1.86 bits per heavy atom. The van der Waals surface area contributed by atoms with Crippen LogP contribution in [-0.2, 0) is 6.42 Å². The molecule has 1 aliphatic rings. The van der Waals surface area contributed by atoms with Gasteiger partial charge in [0, 0.05) is 53.6 Å². The number of rotatable bonds is 7. The van der Waals surface area contributed by atoms with Crippen molar-refractivity contribution in [2.24, 2.45) is 0 Å². The van der Waals surface area contributed by atoms with Gasteiger partial charge in [0.1, 0.15) is 17.5 Å². The molecule has 0 radical (unpaired) electrons. The molecule has 1 saturated heterocycles. The highest BCUT2D eigenvalue weighted by Gasteiger charge is 2.29. The molecule has 1 fully saturated rings. The Morgan fingerprint density at radius 3 is 2.62 bits per heavy atom. The van der Waals surface area contributed by atoms with E-state index in [9.17, 15) is 4.79 Å². The van der Waals surface area contributed by atoms with Crippen molar-refractivity contribution in [1.82, 2.24) is 29.8 Å². The van der Waals surface area contributed by atoms with Gasteiger partial charge in [-0.3, -0.25) is 9.78 Å². The minimum absolute atomic E-state index is 0.0318. The van der Waals surface area contributed by atoms with Crippen molar-refractivity contribution >= 4 is 28.3 Å². The fourth-order valence-electron chi connectivity index (χ4n) is 4.24. The van der Waals surface area contributed by atoms with Gasteiger partial charge in [0.2, 0.25) is 0 Å². The maximum Gasteiger partial charge on any atom is 0.170 e. The quantitative estimate of drug-likeness (QED) is 0.382. The molecule has 0 saturated carbocycles. The van der Waals surface area contributed by atoms with Gasteiger partial charge in [0.25, 0.3) is 0 Å². The lowest BCUT2D eigenvalue weighted by Gasteiger charge is -2.43. The van der Waals surface area contributed by atoms with Gasteiger partial charge in [0.15, 0.2) is 5.78 Å². The smallest absolute Gasteiger partial charge is 0.170 e. The number of nitrogens with one attached hydrogen (secondary N) is 1. The minimum Gasteiger partial charge on any atom is -0.364 e.